The standard InChI is InChI=1S/C19H36OSi/c1-2-3-4-5-6-7-8-9-10-11-12-13-18-14-19(15-18,16-18)17-20-21/h12-13H,2-11,14-17H2,1,21H3. The number of hydrogen-bond donors (Lipinski definition) is 0. The molecule has 0 aromatic rings. The molecule has 3 rings (SSSR count). The Balaban J connectivity index is 1.37. The molecule has 3 aliphatic carbocycles. The topological polar surface area (TPSA) is 9.23 Å². The summed E-state index contributed by atoms with van der Waals surface area (Å²) in [6, 6.07) is 0. The fourth-order valence-corrected chi connectivity index (χ4v) is 5.24. The highest BCUT2D eigenvalue weighted by Gasteiger charge is 2.65. The molecule has 3 fully saturated rings. The summed E-state index contributed by atoms with van der Waals surface area (Å²) < 4.78 is 5.46. The maximum absolute atomic E-state index is 5.46. The molecule has 0 N–H and O–H groups in total. The zero-order valence-corrected chi connectivity index (χ0v) is 16.5. The minimum atomic E-state index is 0.624. The first-order valence-electron chi connectivity index (χ1n) is 9.41. The Morgan fingerprint density at radius 2 is 1.48 bits per heavy atom. The summed E-state index contributed by atoms with van der Waals surface area (Å²) in [5, 5.41) is 0. The van der Waals surface area contributed by atoms with Gasteiger partial charge in [-0.05, 0) is 42.9 Å². The van der Waals surface area contributed by atoms with Crippen molar-refractivity contribution >= 4 is 10.5 Å². The summed E-state index contributed by atoms with van der Waals surface area (Å²) in [5.74, 6) is 0. The smallest absolute Gasteiger partial charge is 0.145 e. The van der Waals surface area contributed by atoms with E-state index in [1.807, 2.05) is 0 Å². The fourth-order valence-electron chi connectivity index (χ4n) is 4.63. The molecular formula is C19H36OSi. The van der Waals surface area contributed by atoms with Crippen molar-refractivity contribution in [3.63, 3.8) is 0 Å². The monoisotopic (exact) mass is 308 g/mol. The lowest BCUT2D eigenvalue weighted by atomic mass is 9.35. The number of unbranched alkanes of at least 4 members (excludes halogenated alkanes) is 9. The van der Waals surface area contributed by atoms with Crippen LogP contribution < -0.4 is 0 Å². The maximum atomic E-state index is 5.46. The van der Waals surface area contributed by atoms with Crippen LogP contribution in [0.1, 0.15) is 90.4 Å². The third-order valence-electron chi connectivity index (χ3n) is 5.58. The molecule has 0 aliphatic heterocycles. The Morgan fingerprint density at radius 1 is 0.905 bits per heavy atom. The summed E-state index contributed by atoms with van der Waals surface area (Å²) in [6.45, 7) is 3.34. The van der Waals surface area contributed by atoms with Gasteiger partial charge >= 0.3 is 0 Å². The summed E-state index contributed by atoms with van der Waals surface area (Å²) >= 11 is 0. The highest BCUT2D eigenvalue weighted by Crippen LogP contribution is 2.73. The van der Waals surface area contributed by atoms with Crippen molar-refractivity contribution in [3.05, 3.63) is 12.2 Å². The van der Waals surface area contributed by atoms with Crippen LogP contribution in [0, 0.1) is 10.8 Å². The molecule has 0 radical (unpaired) electrons. The average molecular weight is 309 g/mol. The molecule has 0 spiro atoms. The van der Waals surface area contributed by atoms with Gasteiger partial charge in [0.2, 0.25) is 0 Å². The van der Waals surface area contributed by atoms with Crippen molar-refractivity contribution in [3.8, 4) is 0 Å². The quantitative estimate of drug-likeness (QED) is 0.266. The van der Waals surface area contributed by atoms with Crippen molar-refractivity contribution in [1.29, 1.82) is 0 Å². The molecule has 0 unspecified atom stereocenters. The SMILES string of the molecule is CCCCCCCCCCCC=CC12CC(CO[SiH3])(C1)C2. The number of rotatable bonds is 13. The van der Waals surface area contributed by atoms with Gasteiger partial charge in [0.05, 0.1) is 0 Å². The van der Waals surface area contributed by atoms with Gasteiger partial charge < -0.3 is 4.43 Å². The van der Waals surface area contributed by atoms with E-state index in [9.17, 15) is 0 Å². The number of hydrogen-bond acceptors (Lipinski definition) is 1. The van der Waals surface area contributed by atoms with Gasteiger partial charge in [-0.2, -0.15) is 0 Å². The third-order valence-corrected chi connectivity index (χ3v) is 5.87. The summed E-state index contributed by atoms with van der Waals surface area (Å²) in [6.07, 6.45) is 23.5. The zero-order chi connectivity index (χ0) is 15.0. The molecule has 2 heteroatoms. The van der Waals surface area contributed by atoms with E-state index in [1.165, 1.54) is 83.5 Å². The van der Waals surface area contributed by atoms with E-state index >= 15 is 0 Å². The summed E-state index contributed by atoms with van der Waals surface area (Å²) in [4.78, 5) is 0. The second-order valence-corrected chi connectivity index (χ2v) is 8.42. The molecule has 122 valence electrons. The first kappa shape index (κ1) is 17.3. The first-order chi connectivity index (χ1) is 10.2. The van der Waals surface area contributed by atoms with Gasteiger partial charge in [0.15, 0.2) is 0 Å². The third kappa shape index (κ3) is 4.96. The highest BCUT2D eigenvalue weighted by molar-refractivity contribution is 5.98. The van der Waals surface area contributed by atoms with Crippen molar-refractivity contribution in [1.82, 2.24) is 0 Å². The Morgan fingerprint density at radius 3 is 2.05 bits per heavy atom. The fraction of sp³-hybridized carbons (Fsp3) is 0.895. The van der Waals surface area contributed by atoms with Crippen LogP contribution in [0.25, 0.3) is 0 Å². The van der Waals surface area contributed by atoms with E-state index in [-0.39, 0.29) is 0 Å². The molecular weight excluding hydrogens is 272 g/mol. The van der Waals surface area contributed by atoms with E-state index < -0.39 is 0 Å². The van der Waals surface area contributed by atoms with E-state index in [0.717, 1.165) is 17.1 Å². The minimum Gasteiger partial charge on any atom is -0.427 e. The second kappa shape index (κ2) is 8.52. The van der Waals surface area contributed by atoms with Gasteiger partial charge in [-0.15, -0.1) is 0 Å². The molecule has 0 atom stereocenters. The van der Waals surface area contributed by atoms with Gasteiger partial charge in [0.1, 0.15) is 10.5 Å². The van der Waals surface area contributed by atoms with Crippen LogP contribution in [0.2, 0.25) is 0 Å². The lowest BCUT2D eigenvalue weighted by molar-refractivity contribution is -0.186. The normalized spacial score (nSPS) is 30.5. The molecule has 0 aromatic heterocycles. The molecule has 3 aliphatic rings. The van der Waals surface area contributed by atoms with Gasteiger partial charge in [-0.3, -0.25) is 0 Å². The predicted molar refractivity (Wildman–Crippen MR) is 95.6 cm³/mol. The van der Waals surface area contributed by atoms with Crippen molar-refractivity contribution in [2.24, 2.45) is 10.8 Å². The largest absolute Gasteiger partial charge is 0.427 e. The van der Waals surface area contributed by atoms with Gasteiger partial charge in [0, 0.05) is 6.61 Å². The lowest BCUT2D eigenvalue weighted by Crippen LogP contribution is -2.62. The van der Waals surface area contributed by atoms with Crippen LogP contribution in [0.3, 0.4) is 0 Å². The molecule has 21 heavy (non-hydrogen) atoms. The molecule has 0 aromatic carbocycles. The van der Waals surface area contributed by atoms with E-state index in [1.54, 1.807) is 0 Å². The Hall–Kier alpha value is -0.0831. The van der Waals surface area contributed by atoms with Gasteiger partial charge in [-0.25, -0.2) is 0 Å². The maximum Gasteiger partial charge on any atom is 0.145 e. The molecule has 2 bridgehead atoms. The van der Waals surface area contributed by atoms with Crippen LogP contribution in [0.15, 0.2) is 12.2 Å². The predicted octanol–water partition coefficient (Wildman–Crippen LogP) is 4.93. The molecule has 1 nitrogen and oxygen atoms in total. The average Bonchev–Trinajstić information content (AvgIpc) is 2.40. The van der Waals surface area contributed by atoms with E-state index in [0.29, 0.717) is 10.8 Å². The van der Waals surface area contributed by atoms with Crippen LogP contribution in [0.4, 0.5) is 0 Å². The van der Waals surface area contributed by atoms with Crippen LogP contribution in [-0.2, 0) is 4.43 Å². The second-order valence-electron chi connectivity index (χ2n) is 7.85. The summed E-state index contributed by atoms with van der Waals surface area (Å²) in [7, 11) is 0.910. The lowest BCUT2D eigenvalue weighted by Gasteiger charge is -2.70. The van der Waals surface area contributed by atoms with Crippen molar-refractivity contribution < 1.29 is 4.43 Å². The van der Waals surface area contributed by atoms with Crippen LogP contribution >= 0.6 is 0 Å². The Labute approximate surface area is 135 Å². The summed E-state index contributed by atoms with van der Waals surface area (Å²) in [5.41, 5.74) is 1.25. The molecule has 0 heterocycles. The Kier molecular flexibility index (Phi) is 7.01. The van der Waals surface area contributed by atoms with Crippen LogP contribution in [-0.4, -0.2) is 17.1 Å². The Bertz CT molecular complexity index is 304. The van der Waals surface area contributed by atoms with E-state index in [2.05, 4.69) is 19.1 Å². The zero-order valence-electron chi connectivity index (χ0n) is 14.5. The van der Waals surface area contributed by atoms with Crippen molar-refractivity contribution in [2.45, 2.75) is 90.4 Å². The molecule has 3 saturated carbocycles. The number of allylic oxidation sites excluding steroid dienone is 2. The van der Waals surface area contributed by atoms with Gasteiger partial charge in [-0.1, -0.05) is 70.4 Å². The van der Waals surface area contributed by atoms with Gasteiger partial charge in [0.25, 0.3) is 0 Å². The van der Waals surface area contributed by atoms with Crippen LogP contribution in [0.5, 0.6) is 0 Å². The first-order valence-corrected chi connectivity index (χ1v) is 10.2. The van der Waals surface area contributed by atoms with E-state index in [4.69, 9.17) is 4.43 Å². The minimum absolute atomic E-state index is 0.624. The molecule has 0 amide bonds. The highest BCUT2D eigenvalue weighted by atomic mass is 28.2. The van der Waals surface area contributed by atoms with Crippen molar-refractivity contribution in [2.75, 3.05) is 6.61 Å². The molecule has 0 saturated heterocycles.